The number of amides is 1. The van der Waals surface area contributed by atoms with Gasteiger partial charge in [-0.2, -0.15) is 0 Å². The smallest absolute Gasteiger partial charge is 0.341 e. The number of thioether (sulfide) groups is 1. The molecule has 0 fully saturated rings. The summed E-state index contributed by atoms with van der Waals surface area (Å²) in [5.74, 6) is 0.674. The van der Waals surface area contributed by atoms with Crippen LogP contribution in [0.3, 0.4) is 0 Å². The van der Waals surface area contributed by atoms with Crippen LogP contribution in [-0.2, 0) is 22.4 Å². The molecular formula is C18H21N3O3S2. The lowest BCUT2D eigenvalue weighted by Gasteiger charge is -2.18. The van der Waals surface area contributed by atoms with Gasteiger partial charge in [-0.3, -0.25) is 4.79 Å². The van der Waals surface area contributed by atoms with Crippen molar-refractivity contribution in [2.75, 3.05) is 18.2 Å². The number of methoxy groups -OCH3 is 1. The summed E-state index contributed by atoms with van der Waals surface area (Å²) in [4.78, 5) is 34.0. The highest BCUT2D eigenvalue weighted by molar-refractivity contribution is 7.99. The summed E-state index contributed by atoms with van der Waals surface area (Å²) in [7, 11) is 1.37. The first-order valence-corrected chi connectivity index (χ1v) is 10.3. The van der Waals surface area contributed by atoms with Gasteiger partial charge in [-0.15, -0.1) is 11.3 Å². The molecule has 0 spiro atoms. The number of nitrogens with one attached hydrogen (secondary N) is 1. The second-order valence-electron chi connectivity index (χ2n) is 6.23. The molecule has 0 bridgehead atoms. The van der Waals surface area contributed by atoms with Crippen molar-refractivity contribution >= 4 is 40.0 Å². The van der Waals surface area contributed by atoms with Crippen molar-refractivity contribution in [2.45, 2.75) is 37.8 Å². The first-order chi connectivity index (χ1) is 12.6. The zero-order valence-electron chi connectivity index (χ0n) is 14.8. The number of carbonyl (C=O) groups is 2. The van der Waals surface area contributed by atoms with Crippen LogP contribution in [0, 0.1) is 5.92 Å². The molecule has 0 saturated heterocycles. The van der Waals surface area contributed by atoms with Gasteiger partial charge in [0.15, 0.2) is 5.16 Å². The van der Waals surface area contributed by atoms with E-state index in [0.717, 1.165) is 24.8 Å². The second kappa shape index (κ2) is 8.64. The van der Waals surface area contributed by atoms with E-state index in [1.54, 1.807) is 18.5 Å². The predicted molar refractivity (Wildman–Crippen MR) is 103 cm³/mol. The van der Waals surface area contributed by atoms with E-state index in [-0.39, 0.29) is 11.9 Å². The van der Waals surface area contributed by atoms with Crippen LogP contribution in [-0.4, -0.2) is 34.7 Å². The zero-order valence-corrected chi connectivity index (χ0v) is 16.4. The lowest BCUT2D eigenvalue weighted by atomic mass is 9.88. The molecule has 2 heterocycles. The summed E-state index contributed by atoms with van der Waals surface area (Å²) >= 11 is 2.93. The summed E-state index contributed by atoms with van der Waals surface area (Å²) in [5, 5.41) is 4.17. The molecule has 1 N–H and O–H groups in total. The summed E-state index contributed by atoms with van der Waals surface area (Å²) < 4.78 is 4.94. The highest BCUT2D eigenvalue weighted by Gasteiger charge is 2.28. The molecule has 1 unspecified atom stereocenters. The Morgan fingerprint density at radius 3 is 2.88 bits per heavy atom. The summed E-state index contributed by atoms with van der Waals surface area (Å²) in [6.45, 7) is 2.21. The van der Waals surface area contributed by atoms with E-state index in [4.69, 9.17) is 4.74 Å². The Kier molecular flexibility index (Phi) is 6.26. The Hall–Kier alpha value is -1.93. The maximum Gasteiger partial charge on any atom is 0.341 e. The standard InChI is InChI=1S/C18H21N3O3S2/c1-11-4-5-12-13(10-11)26-16(15(12)17(23)24-2)21-14(22)6-9-25-18-19-7-3-8-20-18/h3,7-8,11H,4-6,9-10H2,1-2H3,(H,21,22). The fourth-order valence-electron chi connectivity index (χ4n) is 2.94. The SMILES string of the molecule is COC(=O)c1c(NC(=O)CCSc2ncccn2)sc2c1CCC(C)C2. The molecule has 1 aliphatic rings. The molecule has 0 aromatic carbocycles. The Labute approximate surface area is 160 Å². The van der Waals surface area contributed by atoms with Gasteiger partial charge in [0.05, 0.1) is 12.7 Å². The van der Waals surface area contributed by atoms with E-state index in [1.807, 2.05) is 0 Å². The van der Waals surface area contributed by atoms with Gasteiger partial charge in [0, 0.05) is 29.4 Å². The molecule has 8 heteroatoms. The van der Waals surface area contributed by atoms with E-state index in [1.165, 1.54) is 35.1 Å². The number of thiophene rings is 1. The van der Waals surface area contributed by atoms with E-state index < -0.39 is 0 Å². The number of carbonyl (C=O) groups excluding carboxylic acids is 2. The third-order valence-corrected chi connectivity index (χ3v) is 6.30. The third kappa shape index (κ3) is 4.42. The van der Waals surface area contributed by atoms with Gasteiger partial charge in [0.2, 0.25) is 5.91 Å². The first kappa shape index (κ1) is 18.8. The number of hydrogen-bond acceptors (Lipinski definition) is 7. The maximum absolute atomic E-state index is 12.3. The van der Waals surface area contributed by atoms with E-state index in [0.29, 0.717) is 33.8 Å². The predicted octanol–water partition coefficient (Wildman–Crippen LogP) is 3.57. The molecule has 26 heavy (non-hydrogen) atoms. The van der Waals surface area contributed by atoms with Gasteiger partial charge in [-0.05, 0) is 36.8 Å². The number of hydrogen-bond donors (Lipinski definition) is 1. The molecule has 138 valence electrons. The molecule has 2 aromatic rings. The summed E-state index contributed by atoms with van der Waals surface area (Å²) in [5.41, 5.74) is 1.58. The van der Waals surface area contributed by atoms with E-state index in [2.05, 4.69) is 22.2 Å². The summed E-state index contributed by atoms with van der Waals surface area (Å²) in [6, 6.07) is 1.75. The first-order valence-electron chi connectivity index (χ1n) is 8.51. The van der Waals surface area contributed by atoms with Crippen LogP contribution in [0.25, 0.3) is 0 Å². The Bertz CT molecular complexity index is 792. The zero-order chi connectivity index (χ0) is 18.5. The van der Waals surface area contributed by atoms with Gasteiger partial charge in [0.25, 0.3) is 0 Å². The van der Waals surface area contributed by atoms with Crippen molar-refractivity contribution in [3.05, 3.63) is 34.5 Å². The molecule has 1 atom stereocenters. The Morgan fingerprint density at radius 1 is 1.38 bits per heavy atom. The average molecular weight is 392 g/mol. The summed E-state index contributed by atoms with van der Waals surface area (Å²) in [6.07, 6.45) is 6.53. The fourth-order valence-corrected chi connectivity index (χ4v) is 5.10. The molecule has 2 aromatic heterocycles. The molecule has 3 rings (SSSR count). The number of aromatic nitrogens is 2. The maximum atomic E-state index is 12.3. The average Bonchev–Trinajstić information content (AvgIpc) is 2.98. The Morgan fingerprint density at radius 2 is 2.15 bits per heavy atom. The monoisotopic (exact) mass is 391 g/mol. The van der Waals surface area contributed by atoms with Crippen molar-refractivity contribution in [3.8, 4) is 0 Å². The molecule has 6 nitrogen and oxygen atoms in total. The lowest BCUT2D eigenvalue weighted by Crippen LogP contribution is -2.16. The van der Waals surface area contributed by atoms with Crippen LogP contribution in [0.2, 0.25) is 0 Å². The molecule has 1 amide bonds. The molecule has 0 radical (unpaired) electrons. The van der Waals surface area contributed by atoms with Crippen LogP contribution in [0.15, 0.2) is 23.6 Å². The van der Waals surface area contributed by atoms with Gasteiger partial charge < -0.3 is 10.1 Å². The van der Waals surface area contributed by atoms with Crippen LogP contribution < -0.4 is 5.32 Å². The topological polar surface area (TPSA) is 81.2 Å². The minimum atomic E-state index is -0.376. The van der Waals surface area contributed by atoms with E-state index in [9.17, 15) is 9.59 Å². The minimum absolute atomic E-state index is 0.120. The quantitative estimate of drug-likeness (QED) is 0.461. The normalized spacial score (nSPS) is 16.0. The Balaban J connectivity index is 1.66. The van der Waals surface area contributed by atoms with Crippen LogP contribution in [0.1, 0.15) is 40.6 Å². The van der Waals surface area contributed by atoms with Crippen LogP contribution in [0.5, 0.6) is 0 Å². The molecule has 0 aliphatic heterocycles. The van der Waals surface area contributed by atoms with Crippen molar-refractivity contribution < 1.29 is 14.3 Å². The number of rotatable bonds is 6. The minimum Gasteiger partial charge on any atom is -0.465 e. The van der Waals surface area contributed by atoms with Crippen molar-refractivity contribution in [3.63, 3.8) is 0 Å². The van der Waals surface area contributed by atoms with Crippen LogP contribution >= 0.6 is 23.1 Å². The number of nitrogens with zero attached hydrogens (tertiary/aromatic N) is 2. The highest BCUT2D eigenvalue weighted by Crippen LogP contribution is 2.40. The van der Waals surface area contributed by atoms with E-state index >= 15 is 0 Å². The fraction of sp³-hybridized carbons (Fsp3) is 0.444. The third-order valence-electron chi connectivity index (χ3n) is 4.26. The van der Waals surface area contributed by atoms with Gasteiger partial charge >= 0.3 is 5.97 Å². The largest absolute Gasteiger partial charge is 0.465 e. The highest BCUT2D eigenvalue weighted by atomic mass is 32.2. The number of anilines is 1. The number of ether oxygens (including phenoxy) is 1. The lowest BCUT2D eigenvalue weighted by molar-refractivity contribution is -0.115. The van der Waals surface area contributed by atoms with Gasteiger partial charge in [-0.25, -0.2) is 14.8 Å². The van der Waals surface area contributed by atoms with Gasteiger partial charge in [0.1, 0.15) is 5.00 Å². The molecule has 1 aliphatic carbocycles. The van der Waals surface area contributed by atoms with Crippen molar-refractivity contribution in [2.24, 2.45) is 5.92 Å². The second-order valence-corrected chi connectivity index (χ2v) is 8.39. The number of fused-ring (bicyclic) bond motifs is 1. The van der Waals surface area contributed by atoms with Crippen LogP contribution in [0.4, 0.5) is 5.00 Å². The molecular weight excluding hydrogens is 370 g/mol. The van der Waals surface area contributed by atoms with Crippen molar-refractivity contribution in [1.29, 1.82) is 0 Å². The van der Waals surface area contributed by atoms with Crippen molar-refractivity contribution in [1.82, 2.24) is 9.97 Å². The van der Waals surface area contributed by atoms with Gasteiger partial charge in [-0.1, -0.05) is 18.7 Å². The molecule has 0 saturated carbocycles. The number of esters is 1.